The van der Waals surface area contributed by atoms with Gasteiger partial charge in [-0.15, -0.1) is 0 Å². The summed E-state index contributed by atoms with van der Waals surface area (Å²) in [6, 6.07) is 4.04. The molecule has 20 heavy (non-hydrogen) atoms. The van der Waals surface area contributed by atoms with Gasteiger partial charge in [0.25, 0.3) is 0 Å². The Morgan fingerprint density at radius 2 is 2.20 bits per heavy atom. The van der Waals surface area contributed by atoms with Gasteiger partial charge in [0, 0.05) is 10.5 Å². The lowest BCUT2D eigenvalue weighted by Crippen LogP contribution is -2.36. The Hall–Kier alpha value is -0.940. The predicted octanol–water partition coefficient (Wildman–Crippen LogP) is 3.72. The number of ether oxygens (including phenoxy) is 1. The van der Waals surface area contributed by atoms with Crippen LogP contribution in [-0.2, 0) is 9.53 Å². The van der Waals surface area contributed by atoms with Gasteiger partial charge in [0.15, 0.2) is 0 Å². The molecule has 0 bridgehead atoms. The normalized spacial score (nSPS) is 17.1. The van der Waals surface area contributed by atoms with Gasteiger partial charge in [0.2, 0.25) is 0 Å². The summed E-state index contributed by atoms with van der Waals surface area (Å²) in [6.45, 7) is 2.08. The molecule has 1 aliphatic rings. The number of rotatable bonds is 5. The Morgan fingerprint density at radius 3 is 2.85 bits per heavy atom. The van der Waals surface area contributed by atoms with Gasteiger partial charge >= 0.3 is 5.97 Å². The smallest absolute Gasteiger partial charge is 0.327 e. The summed E-state index contributed by atoms with van der Waals surface area (Å²) < 4.78 is 19.3. The maximum atomic E-state index is 13.5. The van der Waals surface area contributed by atoms with E-state index in [9.17, 15) is 9.18 Å². The van der Waals surface area contributed by atoms with Crippen LogP contribution in [0.2, 0.25) is 0 Å². The fourth-order valence-electron chi connectivity index (χ4n) is 2.57. The minimum absolute atomic E-state index is 0.291. The summed E-state index contributed by atoms with van der Waals surface area (Å²) in [7, 11) is 0. The average molecular weight is 344 g/mol. The van der Waals surface area contributed by atoms with E-state index in [0.717, 1.165) is 25.7 Å². The lowest BCUT2D eigenvalue weighted by molar-refractivity contribution is -0.146. The molecule has 1 N–H and O–H groups in total. The van der Waals surface area contributed by atoms with Gasteiger partial charge in [-0.1, -0.05) is 28.8 Å². The molecule has 0 aromatic heterocycles. The van der Waals surface area contributed by atoms with Crippen LogP contribution in [0.25, 0.3) is 0 Å². The number of carbonyl (C=O) groups is 1. The molecule has 110 valence electrons. The van der Waals surface area contributed by atoms with E-state index < -0.39 is 6.04 Å². The second kappa shape index (κ2) is 7.18. The molecule has 0 radical (unpaired) electrons. The lowest BCUT2D eigenvalue weighted by Gasteiger charge is -2.22. The van der Waals surface area contributed by atoms with Crippen molar-refractivity contribution in [2.24, 2.45) is 0 Å². The number of benzene rings is 1. The second-order valence-electron chi connectivity index (χ2n) is 5.00. The molecule has 1 saturated carbocycles. The molecule has 1 atom stereocenters. The topological polar surface area (TPSA) is 38.3 Å². The average Bonchev–Trinajstić information content (AvgIpc) is 2.92. The molecular weight excluding hydrogens is 325 g/mol. The summed E-state index contributed by atoms with van der Waals surface area (Å²) in [6.07, 6.45) is 4.42. The van der Waals surface area contributed by atoms with Crippen molar-refractivity contribution in [2.75, 3.05) is 6.61 Å². The summed E-state index contributed by atoms with van der Waals surface area (Å²) >= 11 is 3.39. The molecule has 1 aromatic rings. The van der Waals surface area contributed by atoms with Crippen molar-refractivity contribution in [3.05, 3.63) is 34.1 Å². The maximum Gasteiger partial charge on any atom is 0.327 e. The van der Waals surface area contributed by atoms with E-state index >= 15 is 0 Å². The molecule has 1 aromatic carbocycles. The third-order valence-corrected chi connectivity index (χ3v) is 4.27. The third-order valence-electron chi connectivity index (χ3n) is 3.55. The molecule has 0 aliphatic heterocycles. The van der Waals surface area contributed by atoms with E-state index in [2.05, 4.69) is 21.2 Å². The summed E-state index contributed by atoms with van der Waals surface area (Å²) in [5, 5.41) is 3.31. The minimum atomic E-state index is -0.622. The Kier molecular flexibility index (Phi) is 5.54. The van der Waals surface area contributed by atoms with E-state index in [4.69, 9.17) is 4.74 Å². The molecule has 1 aliphatic carbocycles. The standard InChI is InChI=1S/C15H19BrFNO2/c1-2-20-15(19)14(18-11-5-3-4-6-11)12-9-10(17)7-8-13(12)16/h7-9,11,14,18H,2-6H2,1H3. The first-order valence-electron chi connectivity index (χ1n) is 6.99. The molecule has 5 heteroatoms. The fourth-order valence-corrected chi connectivity index (χ4v) is 3.05. The van der Waals surface area contributed by atoms with Crippen LogP contribution < -0.4 is 5.32 Å². The third kappa shape index (κ3) is 3.79. The number of hydrogen-bond donors (Lipinski definition) is 1. The van der Waals surface area contributed by atoms with Crippen LogP contribution in [0.3, 0.4) is 0 Å². The van der Waals surface area contributed by atoms with Crippen LogP contribution >= 0.6 is 15.9 Å². The van der Waals surface area contributed by atoms with E-state index in [0.29, 0.717) is 22.7 Å². The molecular formula is C15H19BrFNO2. The van der Waals surface area contributed by atoms with Crippen LogP contribution in [0.1, 0.15) is 44.2 Å². The summed E-state index contributed by atoms with van der Waals surface area (Å²) in [5.74, 6) is -0.712. The van der Waals surface area contributed by atoms with Crippen molar-refractivity contribution in [1.82, 2.24) is 5.32 Å². The number of hydrogen-bond acceptors (Lipinski definition) is 3. The highest BCUT2D eigenvalue weighted by Crippen LogP contribution is 2.28. The lowest BCUT2D eigenvalue weighted by atomic mass is 10.1. The zero-order valence-corrected chi connectivity index (χ0v) is 13.1. The Labute approximate surface area is 127 Å². The molecule has 0 spiro atoms. The highest BCUT2D eigenvalue weighted by atomic mass is 79.9. The van der Waals surface area contributed by atoms with Crippen molar-refractivity contribution >= 4 is 21.9 Å². The van der Waals surface area contributed by atoms with Crippen molar-refractivity contribution in [1.29, 1.82) is 0 Å². The van der Waals surface area contributed by atoms with Gasteiger partial charge in [-0.05, 0) is 43.5 Å². The van der Waals surface area contributed by atoms with E-state index in [-0.39, 0.29) is 11.8 Å². The molecule has 0 heterocycles. The number of esters is 1. The monoisotopic (exact) mass is 343 g/mol. The van der Waals surface area contributed by atoms with Gasteiger partial charge in [0.05, 0.1) is 6.61 Å². The summed E-state index contributed by atoms with van der Waals surface area (Å²) in [4.78, 5) is 12.2. The van der Waals surface area contributed by atoms with Gasteiger partial charge in [-0.2, -0.15) is 0 Å². The van der Waals surface area contributed by atoms with Crippen LogP contribution in [0.15, 0.2) is 22.7 Å². The van der Waals surface area contributed by atoms with Crippen LogP contribution in [0, 0.1) is 5.82 Å². The second-order valence-corrected chi connectivity index (χ2v) is 5.85. The zero-order chi connectivity index (χ0) is 14.5. The van der Waals surface area contributed by atoms with Gasteiger partial charge in [-0.25, -0.2) is 9.18 Å². The number of nitrogens with one attached hydrogen (secondary N) is 1. The van der Waals surface area contributed by atoms with Crippen molar-refractivity contribution in [3.63, 3.8) is 0 Å². The van der Waals surface area contributed by atoms with Crippen molar-refractivity contribution < 1.29 is 13.9 Å². The first-order valence-corrected chi connectivity index (χ1v) is 7.78. The highest BCUT2D eigenvalue weighted by Gasteiger charge is 2.28. The predicted molar refractivity (Wildman–Crippen MR) is 78.9 cm³/mol. The highest BCUT2D eigenvalue weighted by molar-refractivity contribution is 9.10. The van der Waals surface area contributed by atoms with Crippen molar-refractivity contribution in [2.45, 2.75) is 44.7 Å². The van der Waals surface area contributed by atoms with Crippen LogP contribution in [-0.4, -0.2) is 18.6 Å². The molecule has 0 amide bonds. The van der Waals surface area contributed by atoms with E-state index in [1.807, 2.05) is 0 Å². The van der Waals surface area contributed by atoms with E-state index in [1.54, 1.807) is 13.0 Å². The first kappa shape index (κ1) is 15.4. The van der Waals surface area contributed by atoms with Crippen LogP contribution in [0.5, 0.6) is 0 Å². The van der Waals surface area contributed by atoms with Crippen molar-refractivity contribution in [3.8, 4) is 0 Å². The van der Waals surface area contributed by atoms with Gasteiger partial charge < -0.3 is 4.74 Å². The Morgan fingerprint density at radius 1 is 1.50 bits per heavy atom. The number of halogens is 2. The van der Waals surface area contributed by atoms with Gasteiger partial charge in [-0.3, -0.25) is 5.32 Å². The molecule has 0 saturated heterocycles. The Balaban J connectivity index is 2.24. The van der Waals surface area contributed by atoms with Gasteiger partial charge in [0.1, 0.15) is 11.9 Å². The van der Waals surface area contributed by atoms with Crippen LogP contribution in [0.4, 0.5) is 4.39 Å². The first-order chi connectivity index (χ1) is 9.61. The SMILES string of the molecule is CCOC(=O)C(NC1CCCC1)c1cc(F)ccc1Br. The minimum Gasteiger partial charge on any atom is -0.465 e. The molecule has 3 nitrogen and oxygen atoms in total. The molecule has 1 unspecified atom stereocenters. The zero-order valence-electron chi connectivity index (χ0n) is 11.5. The summed E-state index contributed by atoms with van der Waals surface area (Å²) in [5.41, 5.74) is 0.593. The molecule has 1 fully saturated rings. The fraction of sp³-hybridized carbons (Fsp3) is 0.533. The maximum absolute atomic E-state index is 13.5. The molecule has 2 rings (SSSR count). The van der Waals surface area contributed by atoms with E-state index in [1.165, 1.54) is 12.1 Å². The largest absolute Gasteiger partial charge is 0.465 e. The quantitative estimate of drug-likeness (QED) is 0.828. The Bertz CT molecular complexity index is 475. The number of carbonyl (C=O) groups excluding carboxylic acids is 1.